The minimum absolute atomic E-state index is 0.0730. The Kier molecular flexibility index (Phi) is 10.2. The molecule has 0 amide bonds. The Balaban J connectivity index is 1.70. The molecule has 0 unspecified atom stereocenters. The van der Waals surface area contributed by atoms with E-state index in [-0.39, 0.29) is 37.3 Å². The van der Waals surface area contributed by atoms with Crippen molar-refractivity contribution in [2.75, 3.05) is 29.5 Å². The number of nitrogens with zero attached hydrogens (tertiary/aromatic N) is 6. The maximum atomic E-state index is 12.1. The van der Waals surface area contributed by atoms with E-state index in [9.17, 15) is 13.7 Å². The van der Waals surface area contributed by atoms with Crippen molar-refractivity contribution in [3.05, 3.63) is 86.5 Å². The van der Waals surface area contributed by atoms with Crippen LogP contribution >= 0.6 is 23.2 Å². The molecule has 11 nitrogen and oxygen atoms in total. The van der Waals surface area contributed by atoms with Gasteiger partial charge < -0.3 is 9.47 Å². The van der Waals surface area contributed by atoms with Crippen molar-refractivity contribution in [1.82, 2.24) is 9.97 Å². The van der Waals surface area contributed by atoms with E-state index >= 15 is 0 Å². The molecule has 1 N–H and O–H groups in total. The number of alkyl halides is 1. The molecule has 14 heteroatoms. The number of anilines is 1. The molecular formula is C25H25Cl2N7O4S. The molecule has 0 aliphatic rings. The Hall–Kier alpha value is -3.75. The van der Waals surface area contributed by atoms with Crippen LogP contribution in [0.1, 0.15) is 36.2 Å². The van der Waals surface area contributed by atoms with Gasteiger partial charge in [-0.1, -0.05) is 42.7 Å². The normalized spacial score (nSPS) is 11.3. The van der Waals surface area contributed by atoms with Gasteiger partial charge in [-0.2, -0.15) is 5.26 Å². The monoisotopic (exact) mass is 589 g/mol. The van der Waals surface area contributed by atoms with E-state index < -0.39 is 15.4 Å². The lowest BCUT2D eigenvalue weighted by Crippen LogP contribution is -2.20. The Bertz CT molecular complexity index is 1500. The number of benzene rings is 2. The van der Waals surface area contributed by atoms with Crippen LogP contribution in [-0.4, -0.2) is 43.2 Å². The van der Waals surface area contributed by atoms with Crippen molar-refractivity contribution in [3.63, 3.8) is 0 Å². The van der Waals surface area contributed by atoms with Gasteiger partial charge in [0.25, 0.3) is 0 Å². The molecule has 0 saturated heterocycles. The zero-order valence-corrected chi connectivity index (χ0v) is 23.5. The van der Waals surface area contributed by atoms with Gasteiger partial charge in [0.15, 0.2) is 5.75 Å². The van der Waals surface area contributed by atoms with E-state index in [1.165, 1.54) is 6.20 Å². The predicted molar refractivity (Wildman–Crippen MR) is 149 cm³/mol. The number of ether oxygens (including phenoxy) is 2. The van der Waals surface area contributed by atoms with Crippen molar-refractivity contribution in [2.45, 2.75) is 25.9 Å². The first-order valence-electron chi connectivity index (χ1n) is 11.6. The van der Waals surface area contributed by atoms with E-state index in [0.717, 1.165) is 11.1 Å². The third kappa shape index (κ3) is 8.12. The van der Waals surface area contributed by atoms with Gasteiger partial charge in [-0.3, -0.25) is 4.72 Å². The van der Waals surface area contributed by atoms with Gasteiger partial charge in [0, 0.05) is 23.1 Å². The molecule has 1 aromatic heterocycles. The largest absolute Gasteiger partial charge is 0.489 e. The van der Waals surface area contributed by atoms with Gasteiger partial charge in [0.2, 0.25) is 16.0 Å². The highest BCUT2D eigenvalue weighted by Crippen LogP contribution is 2.38. The van der Waals surface area contributed by atoms with Crippen LogP contribution in [0.4, 0.5) is 5.95 Å². The molecule has 0 spiro atoms. The van der Waals surface area contributed by atoms with E-state index in [1.807, 2.05) is 38.1 Å². The Morgan fingerprint density at radius 2 is 1.92 bits per heavy atom. The molecular weight excluding hydrogens is 565 g/mol. The Morgan fingerprint density at radius 1 is 1.18 bits per heavy atom. The number of hydrogen-bond donors (Lipinski definition) is 1. The molecule has 39 heavy (non-hydrogen) atoms. The summed E-state index contributed by atoms with van der Waals surface area (Å²) in [6.45, 7) is 4.15. The summed E-state index contributed by atoms with van der Waals surface area (Å²) in [5.41, 5.74) is 10.4. The highest BCUT2D eigenvalue weighted by atomic mass is 35.5. The van der Waals surface area contributed by atoms with Crippen molar-refractivity contribution in [3.8, 4) is 17.6 Å². The zero-order valence-electron chi connectivity index (χ0n) is 21.1. The summed E-state index contributed by atoms with van der Waals surface area (Å²) in [5, 5.41) is 13.2. The van der Waals surface area contributed by atoms with Crippen LogP contribution in [0, 0.1) is 11.3 Å². The second-order valence-electron chi connectivity index (χ2n) is 8.67. The number of aromatic nitrogens is 2. The number of hydrogen-bond acceptors (Lipinski definition) is 8. The molecule has 0 fully saturated rings. The molecule has 0 saturated carbocycles. The lowest BCUT2D eigenvalue weighted by Gasteiger charge is -2.27. The second-order valence-corrected chi connectivity index (χ2v) is 11.3. The molecule has 0 bridgehead atoms. The first kappa shape index (κ1) is 29.8. The smallest absolute Gasteiger partial charge is 0.236 e. The van der Waals surface area contributed by atoms with Gasteiger partial charge in [0.05, 0.1) is 27.9 Å². The van der Waals surface area contributed by atoms with Crippen LogP contribution in [0.2, 0.25) is 5.02 Å². The molecule has 0 aliphatic carbocycles. The van der Waals surface area contributed by atoms with Crippen LogP contribution in [-0.2, 0) is 22.0 Å². The highest BCUT2D eigenvalue weighted by molar-refractivity contribution is 7.92. The SMILES string of the molecule is CC(C)(c1ccc(OCc2ccnc(NS(=O)(=O)CCN=[N+]=[N-])n2)cc1)c1cc(Cl)c(OCCCl)c(C#N)c1. The van der Waals surface area contributed by atoms with Crippen LogP contribution in [0.5, 0.6) is 11.5 Å². The summed E-state index contributed by atoms with van der Waals surface area (Å²) in [6, 6.07) is 14.7. The van der Waals surface area contributed by atoms with Gasteiger partial charge in [-0.15, -0.1) is 11.6 Å². The number of nitriles is 1. The fourth-order valence-electron chi connectivity index (χ4n) is 3.54. The van der Waals surface area contributed by atoms with Crippen molar-refractivity contribution in [2.24, 2.45) is 5.11 Å². The van der Waals surface area contributed by atoms with E-state index in [4.69, 9.17) is 38.2 Å². The topological polar surface area (TPSA) is 163 Å². The van der Waals surface area contributed by atoms with E-state index in [0.29, 0.717) is 27.8 Å². The molecule has 0 atom stereocenters. The van der Waals surface area contributed by atoms with Crippen LogP contribution in [0.15, 0.2) is 53.8 Å². The van der Waals surface area contributed by atoms with E-state index in [1.54, 1.807) is 18.2 Å². The molecule has 0 aliphatic heterocycles. The average Bonchev–Trinajstić information content (AvgIpc) is 2.91. The molecule has 204 valence electrons. The predicted octanol–water partition coefficient (Wildman–Crippen LogP) is 5.58. The third-order valence-corrected chi connectivity index (χ3v) is 7.30. The fourth-order valence-corrected chi connectivity index (χ4v) is 4.69. The van der Waals surface area contributed by atoms with Crippen LogP contribution in [0.3, 0.4) is 0 Å². The van der Waals surface area contributed by atoms with Gasteiger partial charge in [0.1, 0.15) is 25.0 Å². The Labute approximate surface area is 236 Å². The number of sulfonamides is 1. The summed E-state index contributed by atoms with van der Waals surface area (Å²) in [6.07, 6.45) is 1.41. The van der Waals surface area contributed by atoms with Crippen LogP contribution in [0.25, 0.3) is 10.4 Å². The second kappa shape index (κ2) is 13.4. The highest BCUT2D eigenvalue weighted by Gasteiger charge is 2.26. The van der Waals surface area contributed by atoms with Gasteiger partial charge in [-0.05, 0) is 47.0 Å². The number of halogens is 2. The average molecular weight is 590 g/mol. The molecule has 0 radical (unpaired) electrons. The first-order valence-corrected chi connectivity index (χ1v) is 14.2. The third-order valence-electron chi connectivity index (χ3n) is 5.66. The summed E-state index contributed by atoms with van der Waals surface area (Å²) in [5.74, 6) is 0.672. The van der Waals surface area contributed by atoms with E-state index in [2.05, 4.69) is 30.8 Å². The summed E-state index contributed by atoms with van der Waals surface area (Å²) < 4.78 is 37.7. The van der Waals surface area contributed by atoms with Crippen molar-refractivity contribution >= 4 is 39.2 Å². The number of nitrogens with one attached hydrogen (secondary N) is 1. The summed E-state index contributed by atoms with van der Waals surface area (Å²) in [4.78, 5) is 10.6. The molecule has 1 heterocycles. The van der Waals surface area contributed by atoms with Gasteiger partial charge in [-0.25, -0.2) is 18.4 Å². The summed E-state index contributed by atoms with van der Waals surface area (Å²) in [7, 11) is -3.77. The molecule has 3 aromatic rings. The maximum absolute atomic E-state index is 12.1. The standard InChI is InChI=1S/C25H25Cl2N7O4S/c1-25(2,19-13-17(15-28)23(22(27)14-19)37-11-8-26)18-3-5-21(6-4-18)38-16-20-7-9-30-24(32-20)33-39(35,36)12-10-31-34-29/h3-7,9,13-14H,8,10-12,16H2,1-2H3,(H,30,32,33). The first-order chi connectivity index (χ1) is 18.6. The minimum atomic E-state index is -3.77. The number of rotatable bonds is 13. The maximum Gasteiger partial charge on any atom is 0.236 e. The zero-order chi connectivity index (χ0) is 28.5. The number of azide groups is 1. The van der Waals surface area contributed by atoms with Crippen molar-refractivity contribution in [1.29, 1.82) is 5.26 Å². The fraction of sp³-hybridized carbons (Fsp3) is 0.320. The quantitative estimate of drug-likeness (QED) is 0.118. The lowest BCUT2D eigenvalue weighted by atomic mass is 9.77. The molecule has 2 aromatic carbocycles. The lowest BCUT2D eigenvalue weighted by molar-refractivity contribution is 0.301. The van der Waals surface area contributed by atoms with Crippen LogP contribution < -0.4 is 14.2 Å². The van der Waals surface area contributed by atoms with Crippen molar-refractivity contribution < 1.29 is 17.9 Å². The van der Waals surface area contributed by atoms with Gasteiger partial charge >= 0.3 is 0 Å². The minimum Gasteiger partial charge on any atom is -0.489 e. The summed E-state index contributed by atoms with van der Waals surface area (Å²) >= 11 is 12.1. The molecule has 3 rings (SSSR count). The Morgan fingerprint density at radius 3 is 2.59 bits per heavy atom.